The quantitative estimate of drug-likeness (QED) is 0.726. The van der Waals surface area contributed by atoms with Gasteiger partial charge in [0.05, 0.1) is 12.3 Å². The summed E-state index contributed by atoms with van der Waals surface area (Å²) < 4.78 is 0. The van der Waals surface area contributed by atoms with Crippen LogP contribution in [-0.4, -0.2) is 21.0 Å². The molecule has 1 heterocycles. The normalized spacial score (nSPS) is 10.6. The van der Waals surface area contributed by atoms with Crippen LogP contribution in [0.3, 0.4) is 0 Å². The predicted octanol–water partition coefficient (Wildman–Crippen LogP) is 4.16. The number of hydrogen-bond donors (Lipinski definition) is 2. The fraction of sp³-hybridized carbons (Fsp3) is 0.150. The van der Waals surface area contributed by atoms with E-state index in [9.17, 15) is 9.90 Å². The second kappa shape index (κ2) is 7.64. The van der Waals surface area contributed by atoms with E-state index in [-0.39, 0.29) is 12.4 Å². The number of anilines is 1. The third-order valence-electron chi connectivity index (χ3n) is 4.02. The summed E-state index contributed by atoms with van der Waals surface area (Å²) in [6.45, 7) is 3.71. The molecule has 0 spiro atoms. The smallest absolute Gasteiger partial charge is 0.293 e. The molecule has 0 aliphatic carbocycles. The van der Waals surface area contributed by atoms with E-state index in [1.807, 2.05) is 44.2 Å². The molecule has 2 N–H and O–H groups in total. The van der Waals surface area contributed by atoms with Crippen molar-refractivity contribution in [3.05, 3.63) is 76.2 Å². The Balaban J connectivity index is 1.90. The van der Waals surface area contributed by atoms with Gasteiger partial charge in [-0.1, -0.05) is 41.9 Å². The average molecular weight is 368 g/mol. The highest BCUT2D eigenvalue weighted by molar-refractivity contribution is 6.33. The fourth-order valence-electron chi connectivity index (χ4n) is 2.80. The number of aromatic nitrogens is 2. The average Bonchev–Trinajstić information content (AvgIpc) is 2.64. The molecule has 3 aromatic rings. The van der Waals surface area contributed by atoms with E-state index in [4.69, 9.17) is 11.6 Å². The van der Waals surface area contributed by atoms with E-state index in [1.54, 1.807) is 12.1 Å². The first-order valence-electron chi connectivity index (χ1n) is 8.10. The van der Waals surface area contributed by atoms with Gasteiger partial charge in [0, 0.05) is 22.5 Å². The number of aliphatic hydroxyl groups is 1. The van der Waals surface area contributed by atoms with Crippen molar-refractivity contribution in [3.63, 3.8) is 0 Å². The minimum absolute atomic E-state index is 0.0428. The maximum Gasteiger partial charge on any atom is 0.293 e. The first kappa shape index (κ1) is 18.0. The second-order valence-electron chi connectivity index (χ2n) is 5.96. The molecule has 0 bridgehead atoms. The Hall–Kier alpha value is -2.76. The van der Waals surface area contributed by atoms with Crippen molar-refractivity contribution >= 4 is 23.2 Å². The van der Waals surface area contributed by atoms with Crippen molar-refractivity contribution in [2.45, 2.75) is 20.5 Å². The number of aryl methyl sites for hydroxylation is 2. The van der Waals surface area contributed by atoms with E-state index in [2.05, 4.69) is 15.3 Å². The van der Waals surface area contributed by atoms with Gasteiger partial charge in [-0.25, -0.2) is 9.97 Å². The fourth-order valence-corrected chi connectivity index (χ4v) is 3.03. The van der Waals surface area contributed by atoms with Crippen LogP contribution in [0.25, 0.3) is 11.3 Å². The van der Waals surface area contributed by atoms with Crippen molar-refractivity contribution in [2.75, 3.05) is 5.32 Å². The lowest BCUT2D eigenvalue weighted by atomic mass is 10.0. The second-order valence-corrected chi connectivity index (χ2v) is 6.37. The van der Waals surface area contributed by atoms with Crippen molar-refractivity contribution in [1.82, 2.24) is 9.97 Å². The zero-order valence-corrected chi connectivity index (χ0v) is 15.2. The summed E-state index contributed by atoms with van der Waals surface area (Å²) in [6.07, 6.45) is 1.54. The minimum atomic E-state index is -0.401. The van der Waals surface area contributed by atoms with Crippen LogP contribution in [0.15, 0.2) is 48.7 Å². The molecular formula is C20H18ClN3O2. The minimum Gasteiger partial charge on any atom is -0.392 e. The number of amides is 1. The lowest BCUT2D eigenvalue weighted by molar-refractivity contribution is 0.101. The summed E-state index contributed by atoms with van der Waals surface area (Å²) in [6, 6.07) is 12.7. The van der Waals surface area contributed by atoms with E-state index < -0.39 is 5.91 Å². The molecule has 1 aromatic heterocycles. The Labute approximate surface area is 156 Å². The summed E-state index contributed by atoms with van der Waals surface area (Å²) in [5.74, 6) is -0.339. The summed E-state index contributed by atoms with van der Waals surface area (Å²) >= 11 is 6.21. The highest BCUT2D eigenvalue weighted by Gasteiger charge is 2.15. The number of aliphatic hydroxyl groups excluding tert-OH is 1. The third kappa shape index (κ3) is 3.74. The number of nitrogens with zero attached hydrogens (tertiary/aromatic N) is 2. The molecule has 26 heavy (non-hydrogen) atoms. The standard InChI is InChI=1S/C20H18ClN3O2/c1-12-9-14(11-25)10-13(2)18(12)24-20(26)19-22-8-7-17(23-19)15-5-3-4-6-16(15)21/h3-10,25H,11H2,1-2H3,(H,24,26). The number of hydrogen-bond acceptors (Lipinski definition) is 4. The monoisotopic (exact) mass is 367 g/mol. The van der Waals surface area contributed by atoms with Crippen molar-refractivity contribution in [3.8, 4) is 11.3 Å². The van der Waals surface area contributed by atoms with Crippen LogP contribution in [0, 0.1) is 13.8 Å². The number of rotatable bonds is 4. The van der Waals surface area contributed by atoms with E-state index in [0.29, 0.717) is 16.4 Å². The maximum absolute atomic E-state index is 12.6. The van der Waals surface area contributed by atoms with Gasteiger partial charge in [-0.3, -0.25) is 4.79 Å². The highest BCUT2D eigenvalue weighted by Crippen LogP contribution is 2.26. The van der Waals surface area contributed by atoms with Gasteiger partial charge in [0.2, 0.25) is 5.82 Å². The number of benzene rings is 2. The summed E-state index contributed by atoms with van der Waals surface area (Å²) in [4.78, 5) is 21.0. The summed E-state index contributed by atoms with van der Waals surface area (Å²) in [7, 11) is 0. The van der Waals surface area contributed by atoms with Crippen molar-refractivity contribution in [2.24, 2.45) is 0 Å². The Morgan fingerprint density at radius 3 is 2.50 bits per heavy atom. The maximum atomic E-state index is 12.6. The Morgan fingerprint density at radius 1 is 1.15 bits per heavy atom. The van der Waals surface area contributed by atoms with E-state index in [1.165, 1.54) is 6.20 Å². The molecule has 0 radical (unpaired) electrons. The van der Waals surface area contributed by atoms with Gasteiger partial charge in [0.25, 0.3) is 5.91 Å². The highest BCUT2D eigenvalue weighted by atomic mass is 35.5. The topological polar surface area (TPSA) is 75.1 Å². The number of halogens is 1. The summed E-state index contributed by atoms with van der Waals surface area (Å²) in [5.41, 5.74) is 4.55. The SMILES string of the molecule is Cc1cc(CO)cc(C)c1NC(=O)c1nccc(-c2ccccc2Cl)n1. The number of carbonyl (C=O) groups is 1. The van der Waals surface area contributed by atoms with Gasteiger partial charge in [-0.2, -0.15) is 0 Å². The zero-order chi connectivity index (χ0) is 18.7. The summed E-state index contributed by atoms with van der Waals surface area (Å²) in [5, 5.41) is 12.7. The van der Waals surface area contributed by atoms with E-state index >= 15 is 0 Å². The van der Waals surface area contributed by atoms with Crippen LogP contribution in [-0.2, 0) is 6.61 Å². The van der Waals surface area contributed by atoms with Gasteiger partial charge in [-0.05, 0) is 42.7 Å². The lowest BCUT2D eigenvalue weighted by Gasteiger charge is -2.13. The first-order chi connectivity index (χ1) is 12.5. The third-order valence-corrected chi connectivity index (χ3v) is 4.35. The zero-order valence-electron chi connectivity index (χ0n) is 14.5. The first-order valence-corrected chi connectivity index (χ1v) is 8.47. The van der Waals surface area contributed by atoms with Crippen molar-refractivity contribution in [1.29, 1.82) is 0 Å². The Morgan fingerprint density at radius 2 is 1.85 bits per heavy atom. The molecule has 0 aliphatic rings. The molecule has 0 unspecified atom stereocenters. The van der Waals surface area contributed by atoms with Gasteiger partial charge >= 0.3 is 0 Å². The molecule has 0 fully saturated rings. The Kier molecular flexibility index (Phi) is 5.30. The Bertz CT molecular complexity index is 950. The van der Waals surface area contributed by atoms with E-state index in [0.717, 1.165) is 22.3 Å². The van der Waals surface area contributed by atoms with Crippen molar-refractivity contribution < 1.29 is 9.90 Å². The molecule has 5 nitrogen and oxygen atoms in total. The van der Waals surface area contributed by atoms with Gasteiger partial charge in [0.1, 0.15) is 0 Å². The molecule has 1 amide bonds. The van der Waals surface area contributed by atoms with Gasteiger partial charge in [0.15, 0.2) is 0 Å². The van der Waals surface area contributed by atoms with Crippen LogP contribution >= 0.6 is 11.6 Å². The van der Waals surface area contributed by atoms with Crippen LogP contribution in [0.5, 0.6) is 0 Å². The van der Waals surface area contributed by atoms with Gasteiger partial charge < -0.3 is 10.4 Å². The van der Waals surface area contributed by atoms with Crippen LogP contribution in [0.2, 0.25) is 5.02 Å². The molecule has 132 valence electrons. The number of carbonyl (C=O) groups excluding carboxylic acids is 1. The number of nitrogens with one attached hydrogen (secondary N) is 1. The molecule has 0 aliphatic heterocycles. The molecule has 0 atom stereocenters. The largest absolute Gasteiger partial charge is 0.392 e. The molecular weight excluding hydrogens is 350 g/mol. The molecule has 3 rings (SSSR count). The molecule has 0 saturated carbocycles. The van der Waals surface area contributed by atoms with Crippen LogP contribution < -0.4 is 5.32 Å². The van der Waals surface area contributed by atoms with Gasteiger partial charge in [-0.15, -0.1) is 0 Å². The molecule has 2 aromatic carbocycles. The predicted molar refractivity (Wildman–Crippen MR) is 102 cm³/mol. The van der Waals surface area contributed by atoms with Crippen LogP contribution in [0.1, 0.15) is 27.3 Å². The molecule has 6 heteroatoms. The lowest BCUT2D eigenvalue weighted by Crippen LogP contribution is -2.17. The molecule has 0 saturated heterocycles. The van der Waals surface area contributed by atoms with Crippen LogP contribution in [0.4, 0.5) is 5.69 Å².